The fourth-order valence-electron chi connectivity index (χ4n) is 4.28. The van der Waals surface area contributed by atoms with Gasteiger partial charge in [0.25, 0.3) is 23.6 Å². The highest BCUT2D eigenvalue weighted by Gasteiger charge is 2.20. The van der Waals surface area contributed by atoms with Crippen molar-refractivity contribution in [2.24, 2.45) is 28.2 Å². The van der Waals surface area contributed by atoms with Crippen LogP contribution in [0.3, 0.4) is 0 Å². The largest absolute Gasteiger partial charge is 0.351 e. The van der Waals surface area contributed by atoms with Crippen LogP contribution in [0.2, 0.25) is 0 Å². The average Bonchev–Trinajstić information content (AvgIpc) is 3.68. The quantitative estimate of drug-likeness (QED) is 0.195. The highest BCUT2D eigenvalue weighted by atomic mass is 16.2. The number of aromatic nitrogens is 6. The van der Waals surface area contributed by atoms with Crippen molar-refractivity contribution in [3.63, 3.8) is 0 Å². The highest BCUT2D eigenvalue weighted by molar-refractivity contribution is 6.07. The summed E-state index contributed by atoms with van der Waals surface area (Å²) in [5.41, 5.74) is 1.51. The third-order valence-corrected chi connectivity index (χ3v) is 6.40. The molecule has 0 fully saturated rings. The van der Waals surface area contributed by atoms with Gasteiger partial charge in [0.05, 0.1) is 11.4 Å². The van der Waals surface area contributed by atoms with Crippen LogP contribution in [0.4, 0.5) is 17.2 Å². The van der Waals surface area contributed by atoms with Crippen LogP contribution in [-0.4, -0.2) is 83.9 Å². The molecule has 15 nitrogen and oxygen atoms in total. The van der Waals surface area contributed by atoms with Gasteiger partial charge in [-0.15, -0.1) is 0 Å². The van der Waals surface area contributed by atoms with E-state index in [0.29, 0.717) is 23.6 Å². The maximum Gasteiger partial charge on any atom is 0.291 e. The Bertz CT molecular complexity index is 1620. The van der Waals surface area contributed by atoms with Crippen molar-refractivity contribution in [1.29, 1.82) is 0 Å². The van der Waals surface area contributed by atoms with Gasteiger partial charge in [0, 0.05) is 65.7 Å². The van der Waals surface area contributed by atoms with E-state index in [4.69, 9.17) is 0 Å². The van der Waals surface area contributed by atoms with Crippen LogP contribution in [0.1, 0.15) is 48.6 Å². The molecule has 4 aromatic rings. The molecule has 4 rings (SSSR count). The molecule has 0 aliphatic carbocycles. The molecule has 4 N–H and O–H groups in total. The second-order valence-electron chi connectivity index (χ2n) is 10.1. The van der Waals surface area contributed by atoms with Crippen molar-refractivity contribution in [3.8, 4) is 0 Å². The first kappa shape index (κ1) is 29.8. The predicted molar refractivity (Wildman–Crippen MR) is 157 cm³/mol. The van der Waals surface area contributed by atoms with Crippen LogP contribution in [0.15, 0.2) is 43.1 Å². The SMILES string of the molecule is CN(C)CCCNC(=O)c1cc(NC(=O)c2nc(NC(=O)c3cc(NC(=O)c4nccn4C)cn3C)cn2C)cn1C. The number of carbonyl (C=O) groups is 4. The Morgan fingerprint density at radius 1 is 0.738 bits per heavy atom. The number of amides is 4. The number of nitrogens with zero attached hydrogens (tertiary/aromatic N) is 7. The zero-order chi connectivity index (χ0) is 30.6. The summed E-state index contributed by atoms with van der Waals surface area (Å²) in [5.74, 6) is -1.19. The Morgan fingerprint density at radius 3 is 1.90 bits per heavy atom. The summed E-state index contributed by atoms with van der Waals surface area (Å²) in [5, 5.41) is 11.0. The number of carbonyl (C=O) groups excluding carboxylic acids is 4. The number of anilines is 3. The van der Waals surface area contributed by atoms with Crippen molar-refractivity contribution in [2.75, 3.05) is 43.1 Å². The van der Waals surface area contributed by atoms with Crippen molar-refractivity contribution in [1.82, 2.24) is 38.5 Å². The summed E-state index contributed by atoms with van der Waals surface area (Å²) in [4.78, 5) is 61.3. The van der Waals surface area contributed by atoms with E-state index in [1.54, 1.807) is 66.5 Å². The zero-order valence-electron chi connectivity index (χ0n) is 24.4. The lowest BCUT2D eigenvalue weighted by Crippen LogP contribution is -2.28. The van der Waals surface area contributed by atoms with Crippen LogP contribution in [0, 0.1) is 0 Å². The first-order valence-electron chi connectivity index (χ1n) is 13.1. The summed E-state index contributed by atoms with van der Waals surface area (Å²) in [6.45, 7) is 1.40. The van der Waals surface area contributed by atoms with E-state index < -0.39 is 17.7 Å². The van der Waals surface area contributed by atoms with E-state index in [9.17, 15) is 19.2 Å². The standard InChI is InChI=1S/C27H35N11O4/c1-34(2)10-7-8-29-24(39)19-12-17(14-36(19)4)31-27(42)23-32-21(16-38(23)6)33-25(40)20-13-18(15-37(20)5)30-26(41)22-28-9-11-35(22)3/h9,11-16H,7-8,10H2,1-6H3,(H,29,39)(H,30,41)(H,31,42)(H,33,40). The second-order valence-corrected chi connectivity index (χ2v) is 10.1. The summed E-state index contributed by atoms with van der Waals surface area (Å²) in [6, 6.07) is 3.11. The number of nitrogens with one attached hydrogen (secondary N) is 4. The topological polar surface area (TPSA) is 165 Å². The fraction of sp³-hybridized carbons (Fsp3) is 0.333. The minimum Gasteiger partial charge on any atom is -0.351 e. The van der Waals surface area contributed by atoms with Gasteiger partial charge < -0.3 is 44.4 Å². The molecule has 0 saturated heterocycles. The molecule has 42 heavy (non-hydrogen) atoms. The van der Waals surface area contributed by atoms with E-state index in [-0.39, 0.29) is 29.1 Å². The Kier molecular flexibility index (Phi) is 8.90. The highest BCUT2D eigenvalue weighted by Crippen LogP contribution is 2.18. The van der Waals surface area contributed by atoms with Crippen LogP contribution in [0.25, 0.3) is 0 Å². The molecule has 0 saturated carbocycles. The number of imidazole rings is 2. The van der Waals surface area contributed by atoms with E-state index >= 15 is 0 Å². The predicted octanol–water partition coefficient (Wildman–Crippen LogP) is 1.27. The van der Waals surface area contributed by atoms with Crippen molar-refractivity contribution < 1.29 is 19.2 Å². The Labute approximate surface area is 242 Å². The first-order chi connectivity index (χ1) is 19.9. The van der Waals surface area contributed by atoms with Gasteiger partial charge in [-0.25, -0.2) is 9.97 Å². The van der Waals surface area contributed by atoms with Crippen LogP contribution in [-0.2, 0) is 28.2 Å². The van der Waals surface area contributed by atoms with Gasteiger partial charge in [-0.05, 0) is 39.2 Å². The molecule has 0 spiro atoms. The average molecular weight is 578 g/mol. The molecule has 4 heterocycles. The lowest BCUT2D eigenvalue weighted by molar-refractivity contribution is 0.0941. The van der Waals surface area contributed by atoms with Gasteiger partial charge >= 0.3 is 0 Å². The first-order valence-corrected chi connectivity index (χ1v) is 13.1. The Hall–Kier alpha value is -5.18. The molecular weight excluding hydrogens is 542 g/mol. The van der Waals surface area contributed by atoms with E-state index in [1.807, 2.05) is 19.0 Å². The normalized spacial score (nSPS) is 11.0. The van der Waals surface area contributed by atoms with E-state index in [1.165, 1.54) is 23.0 Å². The fourth-order valence-corrected chi connectivity index (χ4v) is 4.28. The van der Waals surface area contributed by atoms with Crippen LogP contribution in [0.5, 0.6) is 0 Å². The minimum atomic E-state index is -0.514. The summed E-state index contributed by atoms with van der Waals surface area (Å²) in [7, 11) is 10.7. The molecule has 0 bridgehead atoms. The Balaban J connectivity index is 1.37. The van der Waals surface area contributed by atoms with Crippen molar-refractivity contribution >= 4 is 40.8 Å². The molecular formula is C27H35N11O4. The molecule has 0 atom stereocenters. The zero-order valence-corrected chi connectivity index (χ0v) is 24.4. The van der Waals surface area contributed by atoms with E-state index in [0.717, 1.165) is 13.0 Å². The van der Waals surface area contributed by atoms with Crippen molar-refractivity contribution in [3.05, 3.63) is 66.2 Å². The molecule has 15 heteroatoms. The molecule has 4 amide bonds. The number of hydrogen-bond acceptors (Lipinski definition) is 7. The summed E-state index contributed by atoms with van der Waals surface area (Å²) in [6.07, 6.45) is 8.75. The molecule has 0 aromatic carbocycles. The third-order valence-electron chi connectivity index (χ3n) is 6.40. The number of hydrogen-bond donors (Lipinski definition) is 4. The molecule has 0 unspecified atom stereocenters. The number of aryl methyl sites for hydroxylation is 4. The van der Waals surface area contributed by atoms with Gasteiger partial charge in [0.15, 0.2) is 11.6 Å². The summed E-state index contributed by atoms with van der Waals surface area (Å²) >= 11 is 0. The Morgan fingerprint density at radius 2 is 1.33 bits per heavy atom. The molecule has 0 radical (unpaired) electrons. The van der Waals surface area contributed by atoms with Gasteiger partial charge in [0.2, 0.25) is 5.82 Å². The molecule has 0 aliphatic rings. The van der Waals surface area contributed by atoms with Crippen molar-refractivity contribution in [2.45, 2.75) is 6.42 Å². The number of rotatable bonds is 11. The van der Waals surface area contributed by atoms with Crippen LogP contribution < -0.4 is 21.3 Å². The lowest BCUT2D eigenvalue weighted by atomic mass is 10.3. The maximum absolute atomic E-state index is 13.0. The van der Waals surface area contributed by atoms with E-state index in [2.05, 4.69) is 31.2 Å². The lowest BCUT2D eigenvalue weighted by Gasteiger charge is -2.10. The maximum atomic E-state index is 13.0. The second kappa shape index (κ2) is 12.6. The monoisotopic (exact) mass is 577 g/mol. The summed E-state index contributed by atoms with van der Waals surface area (Å²) < 4.78 is 6.26. The molecule has 222 valence electrons. The van der Waals surface area contributed by atoms with Gasteiger partial charge in [0.1, 0.15) is 11.4 Å². The molecule has 4 aromatic heterocycles. The third kappa shape index (κ3) is 6.93. The van der Waals surface area contributed by atoms with Gasteiger partial charge in [-0.1, -0.05) is 0 Å². The minimum absolute atomic E-state index is 0.0544. The smallest absolute Gasteiger partial charge is 0.291 e. The van der Waals surface area contributed by atoms with Gasteiger partial charge in [-0.3, -0.25) is 19.2 Å². The molecule has 0 aliphatic heterocycles. The van der Waals surface area contributed by atoms with Gasteiger partial charge in [-0.2, -0.15) is 0 Å². The van der Waals surface area contributed by atoms with Crippen LogP contribution >= 0.6 is 0 Å².